The molecule has 0 unspecified atom stereocenters. The number of amides is 1. The predicted molar refractivity (Wildman–Crippen MR) is 121 cm³/mol. The van der Waals surface area contributed by atoms with Gasteiger partial charge in [0, 0.05) is 15.8 Å². The molecule has 0 fully saturated rings. The third-order valence-electron chi connectivity index (χ3n) is 3.91. The Labute approximate surface area is 182 Å². The van der Waals surface area contributed by atoms with Crippen molar-refractivity contribution in [3.8, 4) is 5.75 Å². The Bertz CT molecular complexity index is 931. The molecule has 2 N–H and O–H groups in total. The first-order valence-electron chi connectivity index (χ1n) is 8.69. The second kappa shape index (κ2) is 10.4. The number of ether oxygens (including phenoxy) is 1. The zero-order valence-corrected chi connectivity index (χ0v) is 18.2. The Morgan fingerprint density at radius 2 is 1.93 bits per heavy atom. The van der Waals surface area contributed by atoms with Crippen molar-refractivity contribution in [3.63, 3.8) is 0 Å². The van der Waals surface area contributed by atoms with Gasteiger partial charge in [-0.2, -0.15) is 0 Å². The minimum absolute atomic E-state index is 0.286. The van der Waals surface area contributed by atoms with Crippen molar-refractivity contribution in [2.45, 2.75) is 13.0 Å². The van der Waals surface area contributed by atoms with Crippen LogP contribution in [0.5, 0.6) is 5.75 Å². The van der Waals surface area contributed by atoms with Gasteiger partial charge in [0.15, 0.2) is 5.11 Å². The molecule has 0 spiro atoms. The molecule has 28 heavy (non-hydrogen) atoms. The van der Waals surface area contributed by atoms with Crippen LogP contribution in [-0.2, 0) is 13.0 Å². The average Bonchev–Trinajstić information content (AvgIpc) is 3.22. The van der Waals surface area contributed by atoms with Crippen LogP contribution in [0.4, 0.5) is 0 Å². The summed E-state index contributed by atoms with van der Waals surface area (Å²) < 4.78 is 6.67. The van der Waals surface area contributed by atoms with Gasteiger partial charge in [-0.05, 0) is 47.4 Å². The van der Waals surface area contributed by atoms with Gasteiger partial charge in [-0.15, -0.1) is 11.3 Å². The third kappa shape index (κ3) is 6.15. The Morgan fingerprint density at radius 3 is 2.68 bits per heavy atom. The van der Waals surface area contributed by atoms with Crippen LogP contribution in [0.2, 0.25) is 0 Å². The maximum absolute atomic E-state index is 12.7. The maximum atomic E-state index is 12.7. The molecule has 0 saturated carbocycles. The quantitative estimate of drug-likeness (QED) is 0.476. The van der Waals surface area contributed by atoms with E-state index in [1.54, 1.807) is 23.5 Å². The molecule has 0 bridgehead atoms. The molecular formula is C21H19BrN2O2S2. The van der Waals surface area contributed by atoms with E-state index in [0.29, 0.717) is 24.5 Å². The number of hydrogen-bond donors (Lipinski definition) is 2. The van der Waals surface area contributed by atoms with Gasteiger partial charge in [0.25, 0.3) is 5.91 Å². The summed E-state index contributed by atoms with van der Waals surface area (Å²) >= 11 is 10.3. The second-order valence-corrected chi connectivity index (χ2v) is 8.30. The highest BCUT2D eigenvalue weighted by Crippen LogP contribution is 2.23. The highest BCUT2D eigenvalue weighted by molar-refractivity contribution is 9.10. The number of nitrogens with one attached hydrogen (secondary N) is 2. The van der Waals surface area contributed by atoms with E-state index in [4.69, 9.17) is 17.0 Å². The van der Waals surface area contributed by atoms with E-state index in [-0.39, 0.29) is 11.0 Å². The minimum atomic E-state index is -0.306. The lowest BCUT2D eigenvalue weighted by molar-refractivity contribution is 0.0972. The minimum Gasteiger partial charge on any atom is -0.492 e. The average molecular weight is 475 g/mol. The summed E-state index contributed by atoms with van der Waals surface area (Å²) in [5.74, 6) is 0.220. The van der Waals surface area contributed by atoms with Gasteiger partial charge in [0.05, 0.1) is 18.7 Å². The Kier molecular flexibility index (Phi) is 7.59. The van der Waals surface area contributed by atoms with Gasteiger partial charge < -0.3 is 10.1 Å². The summed E-state index contributed by atoms with van der Waals surface area (Å²) in [6.45, 7) is 1.06. The standard InChI is InChI=1S/C21H19BrN2O2S2/c22-16-8-9-19(26-11-10-15-5-2-1-3-6-15)18(13-16)20(25)24-21(27)23-14-17-7-4-12-28-17/h1-9,12-13H,10-11,14H2,(H2,23,24,25,27). The van der Waals surface area contributed by atoms with Crippen molar-refractivity contribution >= 4 is 50.5 Å². The van der Waals surface area contributed by atoms with E-state index in [0.717, 1.165) is 15.8 Å². The molecule has 1 aromatic heterocycles. The van der Waals surface area contributed by atoms with Crippen LogP contribution >= 0.6 is 39.5 Å². The fourth-order valence-corrected chi connectivity index (χ4v) is 3.69. The number of halogens is 1. The number of benzene rings is 2. The van der Waals surface area contributed by atoms with Crippen LogP contribution < -0.4 is 15.4 Å². The molecule has 144 valence electrons. The Balaban J connectivity index is 1.58. The van der Waals surface area contributed by atoms with Crippen LogP contribution in [0.1, 0.15) is 20.8 Å². The largest absolute Gasteiger partial charge is 0.492 e. The van der Waals surface area contributed by atoms with Crippen molar-refractivity contribution in [3.05, 3.63) is 86.5 Å². The fourth-order valence-electron chi connectivity index (χ4n) is 2.52. The molecular weight excluding hydrogens is 456 g/mol. The van der Waals surface area contributed by atoms with Crippen molar-refractivity contribution in [2.24, 2.45) is 0 Å². The summed E-state index contributed by atoms with van der Waals surface area (Å²) in [6.07, 6.45) is 0.763. The number of thiocarbonyl (C=S) groups is 1. The molecule has 0 saturated heterocycles. The molecule has 3 rings (SSSR count). The van der Waals surface area contributed by atoms with Crippen molar-refractivity contribution in [1.82, 2.24) is 10.6 Å². The first kappa shape index (κ1) is 20.5. The molecule has 0 aliphatic heterocycles. The summed E-state index contributed by atoms with van der Waals surface area (Å²) in [5.41, 5.74) is 1.62. The molecule has 4 nitrogen and oxygen atoms in total. The number of carbonyl (C=O) groups is 1. The highest BCUT2D eigenvalue weighted by atomic mass is 79.9. The van der Waals surface area contributed by atoms with Gasteiger partial charge in [-0.1, -0.05) is 52.3 Å². The summed E-state index contributed by atoms with van der Waals surface area (Å²) in [5, 5.41) is 8.05. The Morgan fingerprint density at radius 1 is 1.11 bits per heavy atom. The molecule has 1 heterocycles. The molecule has 0 radical (unpaired) electrons. The molecule has 1 amide bonds. The first-order valence-corrected chi connectivity index (χ1v) is 10.8. The van der Waals surface area contributed by atoms with Crippen LogP contribution in [0.25, 0.3) is 0 Å². The molecule has 7 heteroatoms. The number of rotatable bonds is 7. The maximum Gasteiger partial charge on any atom is 0.261 e. The first-order chi connectivity index (χ1) is 13.6. The predicted octanol–water partition coefficient (Wildman–Crippen LogP) is 4.94. The zero-order valence-electron chi connectivity index (χ0n) is 15.0. The topological polar surface area (TPSA) is 50.4 Å². The number of carbonyl (C=O) groups excluding carboxylic acids is 1. The van der Waals surface area contributed by atoms with Crippen LogP contribution in [0.3, 0.4) is 0 Å². The van der Waals surface area contributed by atoms with Gasteiger partial charge in [0.2, 0.25) is 0 Å². The number of hydrogen-bond acceptors (Lipinski definition) is 4. The fraction of sp³-hybridized carbons (Fsp3) is 0.143. The Hall–Kier alpha value is -2.22. The smallest absolute Gasteiger partial charge is 0.261 e. The van der Waals surface area contributed by atoms with Gasteiger partial charge in [-0.3, -0.25) is 10.1 Å². The summed E-state index contributed by atoms with van der Waals surface area (Å²) in [7, 11) is 0. The molecule has 0 aliphatic carbocycles. The van der Waals surface area contributed by atoms with Crippen molar-refractivity contribution < 1.29 is 9.53 Å². The molecule has 3 aromatic rings. The SMILES string of the molecule is O=C(NC(=S)NCc1cccs1)c1cc(Br)ccc1OCCc1ccccc1. The van der Waals surface area contributed by atoms with Crippen LogP contribution in [0, 0.1) is 0 Å². The highest BCUT2D eigenvalue weighted by Gasteiger charge is 2.15. The van der Waals surface area contributed by atoms with Gasteiger partial charge >= 0.3 is 0 Å². The lowest BCUT2D eigenvalue weighted by atomic mass is 10.1. The summed E-state index contributed by atoms with van der Waals surface area (Å²) in [4.78, 5) is 13.8. The van der Waals surface area contributed by atoms with E-state index in [1.807, 2.05) is 41.8 Å². The molecule has 0 atom stereocenters. The van der Waals surface area contributed by atoms with Crippen LogP contribution in [-0.4, -0.2) is 17.6 Å². The summed E-state index contributed by atoms with van der Waals surface area (Å²) in [6, 6.07) is 19.4. The van der Waals surface area contributed by atoms with Crippen molar-refractivity contribution in [1.29, 1.82) is 0 Å². The van der Waals surface area contributed by atoms with E-state index < -0.39 is 0 Å². The second-order valence-electron chi connectivity index (χ2n) is 5.94. The van der Waals surface area contributed by atoms with Gasteiger partial charge in [-0.25, -0.2) is 0 Å². The monoisotopic (exact) mass is 474 g/mol. The van der Waals surface area contributed by atoms with Crippen molar-refractivity contribution in [2.75, 3.05) is 6.61 Å². The normalized spacial score (nSPS) is 10.3. The number of thiophene rings is 1. The van der Waals surface area contributed by atoms with Gasteiger partial charge in [0.1, 0.15) is 5.75 Å². The third-order valence-corrected chi connectivity index (χ3v) is 5.52. The lowest BCUT2D eigenvalue weighted by Crippen LogP contribution is -2.38. The molecule has 2 aromatic carbocycles. The lowest BCUT2D eigenvalue weighted by Gasteiger charge is -2.13. The van der Waals surface area contributed by atoms with E-state index >= 15 is 0 Å². The van der Waals surface area contributed by atoms with Crippen LogP contribution in [0.15, 0.2) is 70.5 Å². The zero-order chi connectivity index (χ0) is 19.8. The van der Waals surface area contributed by atoms with E-state index in [2.05, 4.69) is 38.7 Å². The molecule has 0 aliphatic rings. The van der Waals surface area contributed by atoms with E-state index in [1.165, 1.54) is 5.56 Å². The van der Waals surface area contributed by atoms with E-state index in [9.17, 15) is 4.79 Å².